The second-order valence-corrected chi connectivity index (χ2v) is 14.0. The number of likely N-dealkylation sites (tertiary alicyclic amines) is 1. The fourth-order valence-corrected chi connectivity index (χ4v) is 7.10. The van der Waals surface area contributed by atoms with Crippen LogP contribution in [-0.2, 0) is 4.74 Å². The van der Waals surface area contributed by atoms with Crippen LogP contribution < -0.4 is 10.1 Å². The van der Waals surface area contributed by atoms with Crippen molar-refractivity contribution in [2.75, 3.05) is 18.4 Å². The molecule has 1 aliphatic rings. The molecule has 1 amide bonds. The molecule has 0 saturated carbocycles. The molecule has 1 N–H and O–H groups in total. The number of aromatic nitrogens is 5. The van der Waals surface area contributed by atoms with Gasteiger partial charge in [-0.1, -0.05) is 23.4 Å². The second kappa shape index (κ2) is 12.6. The van der Waals surface area contributed by atoms with Crippen molar-refractivity contribution < 1.29 is 14.3 Å². The molecular weight excluding hydrogens is 626 g/mol. The third-order valence-corrected chi connectivity index (χ3v) is 9.42. The first-order valence-corrected chi connectivity index (χ1v) is 16.4. The van der Waals surface area contributed by atoms with Gasteiger partial charge in [-0.2, -0.15) is 4.37 Å². The maximum atomic E-state index is 12.4. The van der Waals surface area contributed by atoms with Gasteiger partial charge in [0, 0.05) is 58.8 Å². The molecule has 0 bridgehead atoms. The molecule has 5 aromatic rings. The van der Waals surface area contributed by atoms with Gasteiger partial charge in [0.1, 0.15) is 22.3 Å². The number of rotatable bonds is 7. The van der Waals surface area contributed by atoms with Crippen LogP contribution in [0.15, 0.2) is 64.1 Å². The summed E-state index contributed by atoms with van der Waals surface area (Å²) in [5.74, 6) is 2.44. The Morgan fingerprint density at radius 2 is 1.95 bits per heavy atom. The summed E-state index contributed by atoms with van der Waals surface area (Å²) < 4.78 is 17.5. The quantitative estimate of drug-likeness (QED) is 0.172. The molecule has 0 spiro atoms. The van der Waals surface area contributed by atoms with Crippen molar-refractivity contribution >= 4 is 73.5 Å². The fourth-order valence-electron chi connectivity index (χ4n) is 4.46. The Balaban J connectivity index is 1.18. The summed E-state index contributed by atoms with van der Waals surface area (Å²) >= 11 is 10.5. The molecule has 1 saturated heterocycles. The van der Waals surface area contributed by atoms with Crippen molar-refractivity contribution in [3.05, 3.63) is 65.3 Å². The van der Waals surface area contributed by atoms with Gasteiger partial charge in [0.2, 0.25) is 5.13 Å². The lowest BCUT2D eigenvalue weighted by Gasteiger charge is -2.32. The van der Waals surface area contributed by atoms with E-state index in [4.69, 9.17) is 31.0 Å². The standard InChI is InChI=1S/C29H28ClN7O3S3/c1-29(2,3)40-28(38)37-11-7-17(8-12-37)25-34-27(43-36-25)35-26-21(39-18-4-5-23(30)32-15-18)14-19(16-33-26)42-22-6-10-31-20-9-13-41-24(20)22/h4-6,9-10,13-17H,7-8,11-12H2,1-3H3,(H,33,34,35,36). The van der Waals surface area contributed by atoms with Gasteiger partial charge in [0.05, 0.1) is 16.4 Å². The number of piperidine rings is 1. The fraction of sp³-hybridized carbons (Fsp3) is 0.310. The SMILES string of the molecule is CC(C)(C)OC(=O)N1CCC(c2nsc(Nc3ncc(Sc4ccnc5ccsc45)cc3Oc3ccc(Cl)nc3)n2)CC1. The molecule has 0 aromatic carbocycles. The first kappa shape index (κ1) is 29.5. The van der Waals surface area contributed by atoms with Crippen molar-refractivity contribution in [3.63, 3.8) is 0 Å². The molecule has 6 rings (SSSR count). The predicted octanol–water partition coefficient (Wildman–Crippen LogP) is 8.39. The molecule has 10 nitrogen and oxygen atoms in total. The summed E-state index contributed by atoms with van der Waals surface area (Å²) in [5, 5.41) is 6.31. The van der Waals surface area contributed by atoms with E-state index in [0.29, 0.717) is 40.7 Å². The molecule has 1 aliphatic heterocycles. The van der Waals surface area contributed by atoms with E-state index in [9.17, 15) is 4.79 Å². The number of hydrogen-bond donors (Lipinski definition) is 1. The number of pyridine rings is 3. The van der Waals surface area contributed by atoms with Crippen LogP contribution in [0.2, 0.25) is 5.15 Å². The minimum Gasteiger partial charge on any atom is -0.452 e. The molecule has 0 unspecified atom stereocenters. The first-order chi connectivity index (χ1) is 20.7. The lowest BCUT2D eigenvalue weighted by Crippen LogP contribution is -2.41. The largest absolute Gasteiger partial charge is 0.452 e. The Kier molecular flexibility index (Phi) is 8.66. The van der Waals surface area contributed by atoms with Crippen molar-refractivity contribution in [3.8, 4) is 11.5 Å². The lowest BCUT2D eigenvalue weighted by atomic mass is 9.96. The summed E-state index contributed by atoms with van der Waals surface area (Å²) in [7, 11) is 0. The highest BCUT2D eigenvalue weighted by Gasteiger charge is 2.29. The van der Waals surface area contributed by atoms with E-state index in [-0.39, 0.29) is 12.0 Å². The number of amides is 1. The van der Waals surface area contributed by atoms with Gasteiger partial charge >= 0.3 is 6.09 Å². The highest BCUT2D eigenvalue weighted by atomic mass is 35.5. The highest BCUT2D eigenvalue weighted by molar-refractivity contribution is 7.99. The van der Waals surface area contributed by atoms with Crippen LogP contribution in [0.4, 0.5) is 15.7 Å². The molecule has 6 heterocycles. The van der Waals surface area contributed by atoms with Gasteiger partial charge in [-0.25, -0.2) is 19.7 Å². The number of hydrogen-bond acceptors (Lipinski definition) is 12. The molecule has 0 radical (unpaired) electrons. The van der Waals surface area contributed by atoms with E-state index in [1.807, 2.05) is 50.5 Å². The Morgan fingerprint density at radius 1 is 1.12 bits per heavy atom. The van der Waals surface area contributed by atoms with Crippen molar-refractivity contribution in [2.24, 2.45) is 0 Å². The van der Waals surface area contributed by atoms with Crippen LogP contribution in [0.5, 0.6) is 11.5 Å². The number of carbonyl (C=O) groups is 1. The zero-order valence-electron chi connectivity index (χ0n) is 23.6. The zero-order valence-corrected chi connectivity index (χ0v) is 26.8. The first-order valence-electron chi connectivity index (χ1n) is 13.6. The Morgan fingerprint density at radius 3 is 2.72 bits per heavy atom. The normalized spacial score (nSPS) is 14.2. The minimum absolute atomic E-state index is 0.155. The van der Waals surface area contributed by atoms with Gasteiger partial charge in [0.25, 0.3) is 0 Å². The maximum Gasteiger partial charge on any atom is 0.410 e. The monoisotopic (exact) mass is 653 g/mol. The van der Waals surface area contributed by atoms with Gasteiger partial charge in [0.15, 0.2) is 11.6 Å². The number of halogens is 1. The van der Waals surface area contributed by atoms with E-state index in [0.717, 1.165) is 38.7 Å². The van der Waals surface area contributed by atoms with Crippen molar-refractivity contribution in [1.29, 1.82) is 0 Å². The average Bonchev–Trinajstić information content (AvgIpc) is 3.65. The molecule has 1 fully saturated rings. The van der Waals surface area contributed by atoms with E-state index in [1.165, 1.54) is 11.5 Å². The summed E-state index contributed by atoms with van der Waals surface area (Å²) in [4.78, 5) is 34.2. The van der Waals surface area contributed by atoms with E-state index in [2.05, 4.69) is 19.7 Å². The van der Waals surface area contributed by atoms with Crippen LogP contribution in [0.1, 0.15) is 45.4 Å². The lowest BCUT2D eigenvalue weighted by molar-refractivity contribution is 0.0203. The smallest absolute Gasteiger partial charge is 0.410 e. The van der Waals surface area contributed by atoms with E-state index >= 15 is 0 Å². The van der Waals surface area contributed by atoms with Crippen LogP contribution in [0.25, 0.3) is 10.2 Å². The summed E-state index contributed by atoms with van der Waals surface area (Å²) in [6.45, 7) is 6.82. The summed E-state index contributed by atoms with van der Waals surface area (Å²) in [5.41, 5.74) is 0.450. The molecular formula is C29H28ClN7O3S3. The number of carbonyl (C=O) groups excluding carboxylic acids is 1. The van der Waals surface area contributed by atoms with Gasteiger partial charge in [-0.05, 0) is 63.3 Å². The van der Waals surface area contributed by atoms with Gasteiger partial charge in [-0.15, -0.1) is 11.3 Å². The van der Waals surface area contributed by atoms with Crippen LogP contribution in [-0.4, -0.2) is 54.0 Å². The molecule has 43 heavy (non-hydrogen) atoms. The molecule has 0 aliphatic carbocycles. The van der Waals surface area contributed by atoms with Crippen LogP contribution >= 0.6 is 46.2 Å². The predicted molar refractivity (Wildman–Crippen MR) is 170 cm³/mol. The van der Waals surface area contributed by atoms with Crippen molar-refractivity contribution in [2.45, 2.75) is 54.9 Å². The van der Waals surface area contributed by atoms with E-state index in [1.54, 1.807) is 52.5 Å². The van der Waals surface area contributed by atoms with E-state index < -0.39 is 5.60 Å². The van der Waals surface area contributed by atoms with Crippen molar-refractivity contribution in [1.82, 2.24) is 29.2 Å². The summed E-state index contributed by atoms with van der Waals surface area (Å²) in [6.07, 6.45) is 6.43. The molecule has 5 aromatic heterocycles. The van der Waals surface area contributed by atoms with Crippen LogP contribution in [0, 0.1) is 0 Å². The number of nitrogens with one attached hydrogen (secondary N) is 1. The van der Waals surface area contributed by atoms with Crippen LogP contribution in [0.3, 0.4) is 0 Å². The number of thiophene rings is 1. The minimum atomic E-state index is -0.516. The number of fused-ring (bicyclic) bond motifs is 1. The molecule has 0 atom stereocenters. The topological polar surface area (TPSA) is 115 Å². The van der Waals surface area contributed by atoms with Gasteiger partial charge in [-0.3, -0.25) is 4.98 Å². The Labute approximate surface area is 266 Å². The maximum absolute atomic E-state index is 12.4. The molecule has 222 valence electrons. The number of nitrogens with zero attached hydrogens (tertiary/aromatic N) is 6. The number of anilines is 2. The van der Waals surface area contributed by atoms with Gasteiger partial charge < -0.3 is 19.7 Å². The zero-order chi connectivity index (χ0) is 30.0. The average molecular weight is 654 g/mol. The highest BCUT2D eigenvalue weighted by Crippen LogP contribution is 2.40. The summed E-state index contributed by atoms with van der Waals surface area (Å²) in [6, 6.07) is 9.37. The third kappa shape index (κ3) is 7.35. The Hall–Kier alpha value is -3.52. The second-order valence-electron chi connectivity index (χ2n) is 10.8. The Bertz CT molecular complexity index is 1730. The number of ether oxygens (including phenoxy) is 2. The molecule has 14 heteroatoms. The third-order valence-electron chi connectivity index (χ3n) is 6.47.